The summed E-state index contributed by atoms with van der Waals surface area (Å²) >= 11 is 0. The second-order valence-electron chi connectivity index (χ2n) is 6.67. The summed E-state index contributed by atoms with van der Waals surface area (Å²) < 4.78 is 0. The van der Waals surface area contributed by atoms with Gasteiger partial charge < -0.3 is 10.2 Å². The van der Waals surface area contributed by atoms with Crippen molar-refractivity contribution in [3.63, 3.8) is 0 Å². The van der Waals surface area contributed by atoms with E-state index in [2.05, 4.69) is 15.3 Å². The Balaban J connectivity index is 1.62. The van der Waals surface area contributed by atoms with Crippen LogP contribution in [0.2, 0.25) is 0 Å². The number of aromatic nitrogens is 1. The average Bonchev–Trinajstić information content (AvgIpc) is 2.73. The number of rotatable bonds is 4. The third-order valence-corrected chi connectivity index (χ3v) is 4.70. The highest BCUT2D eigenvalue weighted by molar-refractivity contribution is 6.46. The number of fused-ring (bicyclic) bond motifs is 1. The van der Waals surface area contributed by atoms with E-state index in [1.165, 1.54) is 0 Å². The molecule has 1 unspecified atom stereocenters. The topological polar surface area (TPSA) is 83.6 Å². The Labute approximate surface area is 163 Å². The fourth-order valence-corrected chi connectivity index (χ4v) is 3.36. The summed E-state index contributed by atoms with van der Waals surface area (Å²) in [5.41, 5.74) is 11.0. The Kier molecular flexibility index (Phi) is 4.87. The SMILES string of the molecule is CN(Cc1ccccc1-c1cccnc1)C(=O)C1=NC(N)Nc2ccccc21. The molecule has 6 nitrogen and oxygen atoms in total. The average molecular weight is 371 g/mol. The third kappa shape index (κ3) is 3.50. The fraction of sp³-hybridized carbons (Fsp3) is 0.136. The van der Waals surface area contributed by atoms with Gasteiger partial charge in [0, 0.05) is 42.8 Å². The Morgan fingerprint density at radius 1 is 1.07 bits per heavy atom. The lowest BCUT2D eigenvalue weighted by molar-refractivity contribution is -0.123. The quantitative estimate of drug-likeness (QED) is 0.739. The first-order chi connectivity index (χ1) is 13.6. The van der Waals surface area contributed by atoms with E-state index in [4.69, 9.17) is 5.73 Å². The Bertz CT molecular complexity index is 1030. The van der Waals surface area contributed by atoms with E-state index in [9.17, 15) is 4.79 Å². The van der Waals surface area contributed by atoms with Gasteiger partial charge in [0.2, 0.25) is 0 Å². The minimum absolute atomic E-state index is 0.162. The van der Waals surface area contributed by atoms with Gasteiger partial charge in [-0.3, -0.25) is 15.5 Å². The summed E-state index contributed by atoms with van der Waals surface area (Å²) in [6.07, 6.45) is 2.94. The van der Waals surface area contributed by atoms with Crippen molar-refractivity contribution in [1.82, 2.24) is 9.88 Å². The number of carbonyl (C=O) groups excluding carboxylic acids is 1. The van der Waals surface area contributed by atoms with E-state index in [-0.39, 0.29) is 5.91 Å². The van der Waals surface area contributed by atoms with Crippen LogP contribution in [0.15, 0.2) is 78.0 Å². The summed E-state index contributed by atoms with van der Waals surface area (Å²) in [6, 6.07) is 19.5. The molecule has 6 heteroatoms. The highest BCUT2D eigenvalue weighted by atomic mass is 16.2. The number of anilines is 1. The summed E-state index contributed by atoms with van der Waals surface area (Å²) in [4.78, 5) is 23.4. The summed E-state index contributed by atoms with van der Waals surface area (Å²) in [7, 11) is 1.78. The minimum Gasteiger partial charge on any atom is -0.351 e. The molecule has 0 bridgehead atoms. The molecule has 1 amide bonds. The molecule has 1 atom stereocenters. The van der Waals surface area contributed by atoms with Gasteiger partial charge in [-0.05, 0) is 23.3 Å². The maximum absolute atomic E-state index is 13.2. The van der Waals surface area contributed by atoms with Crippen LogP contribution in [-0.4, -0.2) is 34.8 Å². The second kappa shape index (κ2) is 7.62. The summed E-state index contributed by atoms with van der Waals surface area (Å²) in [5, 5.41) is 3.08. The van der Waals surface area contributed by atoms with Crippen LogP contribution in [0.1, 0.15) is 11.1 Å². The molecule has 3 aromatic rings. The largest absolute Gasteiger partial charge is 0.351 e. The lowest BCUT2D eigenvalue weighted by Crippen LogP contribution is -2.40. The molecule has 4 rings (SSSR count). The van der Waals surface area contributed by atoms with E-state index in [0.717, 1.165) is 27.9 Å². The first kappa shape index (κ1) is 17.9. The van der Waals surface area contributed by atoms with Crippen molar-refractivity contribution in [3.8, 4) is 11.1 Å². The van der Waals surface area contributed by atoms with E-state index in [1.807, 2.05) is 66.9 Å². The van der Waals surface area contributed by atoms with Gasteiger partial charge in [-0.15, -0.1) is 0 Å². The number of likely N-dealkylation sites (N-methyl/N-ethyl adjacent to an activating group) is 1. The summed E-state index contributed by atoms with van der Waals surface area (Å²) in [6.45, 7) is 0.452. The number of pyridine rings is 1. The van der Waals surface area contributed by atoms with E-state index >= 15 is 0 Å². The van der Waals surface area contributed by atoms with Crippen molar-refractivity contribution in [2.24, 2.45) is 10.7 Å². The van der Waals surface area contributed by atoms with Crippen LogP contribution in [0.25, 0.3) is 11.1 Å². The van der Waals surface area contributed by atoms with Gasteiger partial charge in [-0.25, -0.2) is 4.99 Å². The Morgan fingerprint density at radius 3 is 2.61 bits per heavy atom. The monoisotopic (exact) mass is 371 g/mol. The van der Waals surface area contributed by atoms with Crippen molar-refractivity contribution in [1.29, 1.82) is 0 Å². The number of nitrogens with zero attached hydrogens (tertiary/aromatic N) is 3. The zero-order chi connectivity index (χ0) is 19.5. The van der Waals surface area contributed by atoms with Crippen LogP contribution in [0, 0.1) is 0 Å². The van der Waals surface area contributed by atoms with Crippen LogP contribution in [0.3, 0.4) is 0 Å². The van der Waals surface area contributed by atoms with Gasteiger partial charge in [-0.1, -0.05) is 48.5 Å². The van der Waals surface area contributed by atoms with Gasteiger partial charge in [0.25, 0.3) is 5.91 Å². The number of nitrogens with two attached hydrogens (primary N) is 1. The van der Waals surface area contributed by atoms with Gasteiger partial charge in [-0.2, -0.15) is 0 Å². The Morgan fingerprint density at radius 2 is 1.82 bits per heavy atom. The van der Waals surface area contributed by atoms with Crippen LogP contribution < -0.4 is 11.1 Å². The molecule has 2 aromatic carbocycles. The molecule has 1 aliphatic rings. The first-order valence-corrected chi connectivity index (χ1v) is 9.06. The van der Waals surface area contributed by atoms with E-state index in [1.54, 1.807) is 18.1 Å². The molecule has 28 heavy (non-hydrogen) atoms. The number of benzene rings is 2. The zero-order valence-corrected chi connectivity index (χ0v) is 15.5. The standard InChI is InChI=1S/C22H21N5O/c1-27(14-16-7-2-3-9-17(16)15-8-6-12-24-13-15)21(28)20-18-10-4-5-11-19(18)25-22(23)26-20/h2-13,22,25H,14,23H2,1H3. The third-order valence-electron chi connectivity index (χ3n) is 4.70. The lowest BCUT2D eigenvalue weighted by Gasteiger charge is -2.26. The molecular weight excluding hydrogens is 350 g/mol. The van der Waals surface area contributed by atoms with Crippen LogP contribution in [0.4, 0.5) is 5.69 Å². The predicted octanol–water partition coefficient (Wildman–Crippen LogP) is 2.86. The van der Waals surface area contributed by atoms with Gasteiger partial charge in [0.05, 0.1) is 0 Å². The van der Waals surface area contributed by atoms with Crippen LogP contribution in [0.5, 0.6) is 0 Å². The van der Waals surface area contributed by atoms with E-state index < -0.39 is 6.29 Å². The molecule has 0 spiro atoms. The normalized spacial score (nSPS) is 15.2. The highest BCUT2D eigenvalue weighted by Crippen LogP contribution is 2.25. The lowest BCUT2D eigenvalue weighted by atomic mass is 10.00. The molecule has 2 heterocycles. The maximum atomic E-state index is 13.2. The first-order valence-electron chi connectivity index (χ1n) is 9.06. The van der Waals surface area contributed by atoms with Crippen LogP contribution >= 0.6 is 0 Å². The van der Waals surface area contributed by atoms with Gasteiger partial charge in [0.1, 0.15) is 5.71 Å². The maximum Gasteiger partial charge on any atom is 0.272 e. The number of carbonyl (C=O) groups is 1. The molecule has 0 radical (unpaired) electrons. The van der Waals surface area contributed by atoms with Gasteiger partial charge >= 0.3 is 0 Å². The molecule has 0 fully saturated rings. The Hall–Kier alpha value is -3.51. The van der Waals surface area contributed by atoms with Crippen molar-refractivity contribution in [3.05, 3.63) is 84.2 Å². The number of aliphatic imine (C=N–C) groups is 1. The minimum atomic E-state index is -0.634. The van der Waals surface area contributed by atoms with Crippen molar-refractivity contribution in [2.45, 2.75) is 12.8 Å². The number of para-hydroxylation sites is 1. The molecule has 3 N–H and O–H groups in total. The zero-order valence-electron chi connectivity index (χ0n) is 15.5. The predicted molar refractivity (Wildman–Crippen MR) is 111 cm³/mol. The fourth-order valence-electron chi connectivity index (χ4n) is 3.36. The molecule has 1 aliphatic heterocycles. The summed E-state index contributed by atoms with van der Waals surface area (Å²) in [5.74, 6) is -0.162. The van der Waals surface area contributed by atoms with Crippen molar-refractivity contribution in [2.75, 3.05) is 12.4 Å². The van der Waals surface area contributed by atoms with Crippen LogP contribution in [-0.2, 0) is 11.3 Å². The molecular formula is C22H21N5O. The molecule has 0 saturated heterocycles. The second-order valence-corrected chi connectivity index (χ2v) is 6.67. The molecule has 140 valence electrons. The smallest absolute Gasteiger partial charge is 0.272 e. The molecule has 0 saturated carbocycles. The number of amides is 1. The molecule has 0 aliphatic carbocycles. The molecule has 1 aromatic heterocycles. The van der Waals surface area contributed by atoms with E-state index in [0.29, 0.717) is 12.3 Å². The van der Waals surface area contributed by atoms with Crippen molar-refractivity contribution >= 4 is 17.3 Å². The number of hydrogen-bond donors (Lipinski definition) is 2. The number of hydrogen-bond acceptors (Lipinski definition) is 5. The van der Waals surface area contributed by atoms with Crippen molar-refractivity contribution < 1.29 is 4.79 Å². The highest BCUT2D eigenvalue weighted by Gasteiger charge is 2.26. The van der Waals surface area contributed by atoms with Gasteiger partial charge in [0.15, 0.2) is 6.29 Å². The number of nitrogens with one attached hydrogen (secondary N) is 1.